The number of rotatable bonds is 5. The van der Waals surface area contributed by atoms with Crippen LogP contribution in [0.2, 0.25) is 0 Å². The zero-order valence-electron chi connectivity index (χ0n) is 11.7. The molecule has 20 heavy (non-hydrogen) atoms. The van der Waals surface area contributed by atoms with E-state index in [0.29, 0.717) is 0 Å². The minimum absolute atomic E-state index is 0.800. The summed E-state index contributed by atoms with van der Waals surface area (Å²) in [6, 6.07) is 16.9. The molecule has 1 aromatic heterocycles. The topological polar surface area (TPSA) is 29.9 Å². The Hall–Kier alpha value is -2.29. The predicted octanol–water partition coefficient (Wildman–Crippen LogP) is 4.06. The van der Waals surface area contributed by atoms with E-state index in [0.717, 1.165) is 19.5 Å². The van der Waals surface area contributed by atoms with Crippen molar-refractivity contribution in [3.05, 3.63) is 60.4 Å². The van der Waals surface area contributed by atoms with Gasteiger partial charge in [0.05, 0.1) is 12.2 Å². The number of aryl methyl sites for hydroxylation is 1. The zero-order chi connectivity index (χ0) is 13.8. The number of nitrogens with one attached hydrogen (secondary N) is 1. The first-order valence-electron chi connectivity index (χ1n) is 7.11. The second kappa shape index (κ2) is 5.78. The average molecular weight is 265 g/mol. The third-order valence-corrected chi connectivity index (χ3v) is 3.49. The van der Waals surface area contributed by atoms with Crippen molar-refractivity contribution in [1.82, 2.24) is 9.78 Å². The van der Waals surface area contributed by atoms with Crippen molar-refractivity contribution in [2.45, 2.75) is 26.4 Å². The molecule has 1 N–H and O–H groups in total. The van der Waals surface area contributed by atoms with E-state index in [1.165, 1.54) is 22.2 Å². The van der Waals surface area contributed by atoms with Gasteiger partial charge >= 0.3 is 0 Å². The van der Waals surface area contributed by atoms with E-state index in [9.17, 15) is 0 Å². The van der Waals surface area contributed by atoms with Crippen molar-refractivity contribution in [2.24, 2.45) is 0 Å². The van der Waals surface area contributed by atoms with Gasteiger partial charge in [-0.25, -0.2) is 0 Å². The zero-order valence-corrected chi connectivity index (χ0v) is 11.7. The van der Waals surface area contributed by atoms with Gasteiger partial charge in [-0.2, -0.15) is 5.10 Å². The largest absolute Gasteiger partial charge is 0.379 e. The molecule has 0 aliphatic carbocycles. The highest BCUT2D eigenvalue weighted by atomic mass is 15.3. The summed E-state index contributed by atoms with van der Waals surface area (Å²) in [5.74, 6) is 0. The fraction of sp³-hybridized carbons (Fsp3) is 0.235. The highest BCUT2D eigenvalue weighted by molar-refractivity contribution is 5.93. The Kier molecular flexibility index (Phi) is 3.68. The van der Waals surface area contributed by atoms with Gasteiger partial charge in [-0.1, -0.05) is 43.3 Å². The standard InChI is InChI=1S/C17H19N3/c1-2-12-20-15(10-11-19-20)13-18-17-9-5-7-14-6-3-4-8-16(14)17/h3-11,18H,2,12-13H2,1H3. The van der Waals surface area contributed by atoms with E-state index in [4.69, 9.17) is 0 Å². The first-order chi connectivity index (χ1) is 9.88. The van der Waals surface area contributed by atoms with E-state index >= 15 is 0 Å². The van der Waals surface area contributed by atoms with Crippen LogP contribution in [0.5, 0.6) is 0 Å². The Morgan fingerprint density at radius 2 is 1.90 bits per heavy atom. The predicted molar refractivity (Wildman–Crippen MR) is 83.8 cm³/mol. The molecule has 3 aromatic rings. The van der Waals surface area contributed by atoms with Crippen LogP contribution in [-0.2, 0) is 13.1 Å². The second-order valence-corrected chi connectivity index (χ2v) is 4.93. The van der Waals surface area contributed by atoms with E-state index in [1.54, 1.807) is 0 Å². The molecular formula is C17H19N3. The van der Waals surface area contributed by atoms with Crippen LogP contribution in [0, 0.1) is 0 Å². The lowest BCUT2D eigenvalue weighted by atomic mass is 10.1. The highest BCUT2D eigenvalue weighted by Gasteiger charge is 2.03. The molecule has 0 fully saturated rings. The van der Waals surface area contributed by atoms with Gasteiger partial charge in [-0.15, -0.1) is 0 Å². The van der Waals surface area contributed by atoms with Gasteiger partial charge in [0.25, 0.3) is 0 Å². The Morgan fingerprint density at radius 1 is 1.05 bits per heavy atom. The summed E-state index contributed by atoms with van der Waals surface area (Å²) in [6.07, 6.45) is 2.97. The molecule has 0 bridgehead atoms. The van der Waals surface area contributed by atoms with Crippen molar-refractivity contribution in [3.63, 3.8) is 0 Å². The molecule has 0 aliphatic rings. The quantitative estimate of drug-likeness (QED) is 0.754. The van der Waals surface area contributed by atoms with Crippen LogP contribution >= 0.6 is 0 Å². The number of benzene rings is 2. The average Bonchev–Trinajstić information content (AvgIpc) is 2.93. The first-order valence-corrected chi connectivity index (χ1v) is 7.11. The highest BCUT2D eigenvalue weighted by Crippen LogP contribution is 2.23. The molecule has 3 heteroatoms. The van der Waals surface area contributed by atoms with Crippen molar-refractivity contribution in [2.75, 3.05) is 5.32 Å². The number of nitrogens with zero attached hydrogens (tertiary/aromatic N) is 2. The van der Waals surface area contributed by atoms with Crippen LogP contribution in [0.15, 0.2) is 54.7 Å². The number of aromatic nitrogens is 2. The summed E-state index contributed by atoms with van der Waals surface area (Å²) in [5, 5.41) is 10.4. The molecule has 0 amide bonds. The van der Waals surface area contributed by atoms with Gasteiger partial charge in [0.2, 0.25) is 0 Å². The first kappa shape index (κ1) is 12.7. The molecule has 0 spiro atoms. The third-order valence-electron chi connectivity index (χ3n) is 3.49. The molecule has 0 atom stereocenters. The molecule has 0 saturated carbocycles. The van der Waals surface area contributed by atoms with Gasteiger partial charge in [-0.3, -0.25) is 4.68 Å². The van der Waals surface area contributed by atoms with Crippen LogP contribution in [-0.4, -0.2) is 9.78 Å². The summed E-state index contributed by atoms with van der Waals surface area (Å²) in [7, 11) is 0. The summed E-state index contributed by atoms with van der Waals surface area (Å²) < 4.78 is 2.07. The van der Waals surface area contributed by atoms with Crippen molar-refractivity contribution in [3.8, 4) is 0 Å². The molecule has 3 nitrogen and oxygen atoms in total. The number of anilines is 1. The van der Waals surface area contributed by atoms with Crippen molar-refractivity contribution in [1.29, 1.82) is 0 Å². The van der Waals surface area contributed by atoms with Gasteiger partial charge < -0.3 is 5.32 Å². The molecule has 0 radical (unpaired) electrons. The molecule has 1 heterocycles. The Morgan fingerprint density at radius 3 is 2.80 bits per heavy atom. The van der Waals surface area contributed by atoms with Crippen molar-refractivity contribution >= 4 is 16.5 Å². The molecule has 0 aliphatic heterocycles. The normalized spacial score (nSPS) is 10.8. The Bertz CT molecular complexity index is 695. The minimum Gasteiger partial charge on any atom is -0.379 e. The van der Waals surface area contributed by atoms with E-state index < -0.39 is 0 Å². The molecule has 0 unspecified atom stereocenters. The van der Waals surface area contributed by atoms with Crippen LogP contribution in [0.3, 0.4) is 0 Å². The summed E-state index contributed by atoms with van der Waals surface area (Å²) in [5.41, 5.74) is 2.40. The summed E-state index contributed by atoms with van der Waals surface area (Å²) in [4.78, 5) is 0. The maximum absolute atomic E-state index is 4.36. The van der Waals surface area contributed by atoms with Gasteiger partial charge in [-0.05, 0) is 23.9 Å². The van der Waals surface area contributed by atoms with E-state index in [2.05, 4.69) is 70.6 Å². The monoisotopic (exact) mass is 265 g/mol. The lowest BCUT2D eigenvalue weighted by molar-refractivity contribution is 0.578. The third kappa shape index (κ3) is 2.52. The summed E-state index contributed by atoms with van der Waals surface area (Å²) in [6.45, 7) is 3.94. The maximum Gasteiger partial charge on any atom is 0.0575 e. The van der Waals surface area contributed by atoms with Crippen molar-refractivity contribution < 1.29 is 0 Å². The molecule has 3 rings (SSSR count). The minimum atomic E-state index is 0.800. The van der Waals surface area contributed by atoms with Crippen LogP contribution in [0.25, 0.3) is 10.8 Å². The molecule has 2 aromatic carbocycles. The van der Waals surface area contributed by atoms with Crippen LogP contribution in [0.4, 0.5) is 5.69 Å². The second-order valence-electron chi connectivity index (χ2n) is 4.93. The van der Waals surface area contributed by atoms with E-state index in [1.807, 2.05) is 6.20 Å². The maximum atomic E-state index is 4.36. The fourth-order valence-corrected chi connectivity index (χ4v) is 2.49. The number of hydrogen-bond acceptors (Lipinski definition) is 2. The molecular weight excluding hydrogens is 246 g/mol. The lowest BCUT2D eigenvalue weighted by Gasteiger charge is -2.11. The van der Waals surface area contributed by atoms with E-state index in [-0.39, 0.29) is 0 Å². The smallest absolute Gasteiger partial charge is 0.0575 e. The Labute approximate surface area is 119 Å². The SMILES string of the molecule is CCCn1nccc1CNc1cccc2ccccc12. The number of fused-ring (bicyclic) bond motifs is 1. The van der Waals surface area contributed by atoms with Gasteiger partial charge in [0, 0.05) is 23.8 Å². The number of hydrogen-bond donors (Lipinski definition) is 1. The fourth-order valence-electron chi connectivity index (χ4n) is 2.49. The molecule has 0 saturated heterocycles. The van der Waals surface area contributed by atoms with Gasteiger partial charge in [0.1, 0.15) is 0 Å². The molecule has 102 valence electrons. The summed E-state index contributed by atoms with van der Waals surface area (Å²) >= 11 is 0. The lowest BCUT2D eigenvalue weighted by Crippen LogP contribution is -2.09. The van der Waals surface area contributed by atoms with Crippen LogP contribution < -0.4 is 5.32 Å². The van der Waals surface area contributed by atoms with Gasteiger partial charge in [0.15, 0.2) is 0 Å². The Balaban J connectivity index is 1.81. The van der Waals surface area contributed by atoms with Crippen LogP contribution in [0.1, 0.15) is 19.0 Å².